The first-order valence-corrected chi connectivity index (χ1v) is 35.6. The lowest BCUT2D eigenvalue weighted by Gasteiger charge is -2.42. The van der Waals surface area contributed by atoms with Crippen LogP contribution in [0.2, 0.25) is 0 Å². The quantitative estimate of drug-likeness (QED) is 0.0250. The van der Waals surface area contributed by atoms with Crippen molar-refractivity contribution in [2.75, 3.05) is 47.9 Å². The SMILES string of the molecule is CC1(C)C(/C=C/C2=C(Oc3ccc(C[C@H](NC(=O)c4ccc(NCC5CNC6NC(N)NC(=O)C6N5)cc4)C(=O)O)cc3)C(=C/C=C3/N(CCCCS(=O)(=O)O)c4ccc(S(=O)(=O)O)cc4C3(C)C)/CCC2)=[N+](CCCCS(=O)(=O)O)c2ccc(S(=O)(=O)[O-])cc21. The molecule has 9 rings (SSSR count). The van der Waals surface area contributed by atoms with Crippen LogP contribution in [0, 0.1) is 0 Å². The van der Waals surface area contributed by atoms with E-state index in [-0.39, 0.29) is 60.9 Å². The van der Waals surface area contributed by atoms with Crippen molar-refractivity contribution in [1.82, 2.24) is 26.6 Å². The van der Waals surface area contributed by atoms with Gasteiger partial charge in [0, 0.05) is 84.3 Å². The Kier molecular flexibility index (Phi) is 20.4. The van der Waals surface area contributed by atoms with Crippen LogP contribution in [0.4, 0.5) is 17.1 Å². The first kappa shape index (κ1) is 68.2. The van der Waals surface area contributed by atoms with Crippen molar-refractivity contribution in [2.24, 2.45) is 5.73 Å². The third kappa shape index (κ3) is 16.5. The van der Waals surface area contributed by atoms with E-state index < -0.39 is 98.0 Å². The van der Waals surface area contributed by atoms with Gasteiger partial charge in [-0.3, -0.25) is 44.9 Å². The number of carboxylic acids is 1. The van der Waals surface area contributed by atoms with Crippen LogP contribution in [0.25, 0.3) is 0 Å². The van der Waals surface area contributed by atoms with Crippen LogP contribution >= 0.6 is 0 Å². The standard InChI is InChI=1S/C61H75N9O17S4/c1-60(2)46-33-44(90(81,82)83)22-24-49(46)69(28-5-7-30-88(75,76)77)51(60)26-16-38-10-9-11-39(17-27-52-61(3,4)47-34-45(91(84,85)86)23-25-50(47)70(52)29-6-8-31-89(78,79)80)54(38)87-43-20-12-37(13-21-43)32-48(58(73)74)66-56(71)40-14-18-41(19-15-40)63-35-42-36-64-55-53(65-42)57(72)68-59(62)67-55/h12-27,33-34,42,48,53,55,59,64-65,67H,5-11,28-32,35-36,62H2,1-4H3,(H7-,63,66,68,71,72,73,74,75,76,77,78,79,80,81,82,83,84,85,86)/t42?,48-,53?,55?,59?/m0/s1. The molecule has 490 valence electrons. The van der Waals surface area contributed by atoms with Gasteiger partial charge in [0.15, 0.2) is 5.71 Å². The van der Waals surface area contributed by atoms with Gasteiger partial charge in [0.2, 0.25) is 11.6 Å². The van der Waals surface area contributed by atoms with Gasteiger partial charge in [0.05, 0.1) is 32.9 Å². The molecule has 0 aromatic heterocycles. The fourth-order valence-corrected chi connectivity index (χ4v) is 14.3. The van der Waals surface area contributed by atoms with Crippen LogP contribution in [0.1, 0.15) is 99.7 Å². The molecular weight excluding hydrogens is 1260 g/mol. The second-order valence-corrected chi connectivity index (χ2v) is 30.1. The van der Waals surface area contributed by atoms with Crippen molar-refractivity contribution in [3.05, 3.63) is 154 Å². The number of unbranched alkanes of at least 4 members (excludes halogenated alkanes) is 2. The average molecular weight is 1330 g/mol. The average Bonchev–Trinajstić information content (AvgIpc) is 1.60. The Morgan fingerprint density at radius 2 is 1.48 bits per heavy atom. The summed E-state index contributed by atoms with van der Waals surface area (Å²) in [5, 5.41) is 28.6. The van der Waals surface area contributed by atoms with Crippen LogP contribution in [0.3, 0.4) is 0 Å². The normalized spacial score (nSPS) is 22.0. The van der Waals surface area contributed by atoms with Gasteiger partial charge in [-0.05, 0) is 154 Å². The van der Waals surface area contributed by atoms with Crippen molar-refractivity contribution >= 4 is 81.0 Å². The van der Waals surface area contributed by atoms with Crippen LogP contribution in [0.5, 0.6) is 5.75 Å². The van der Waals surface area contributed by atoms with E-state index in [2.05, 4.69) is 31.9 Å². The molecular formula is C61H75N9O17S4. The number of carbonyl (C=O) groups excluding carboxylic acids is 2. The van der Waals surface area contributed by atoms with Crippen LogP contribution in [0.15, 0.2) is 142 Å². The van der Waals surface area contributed by atoms with E-state index in [1.165, 1.54) is 30.3 Å². The molecule has 2 fully saturated rings. The number of anilines is 2. The number of nitrogens with zero attached hydrogens (tertiary/aromatic N) is 2. The number of ether oxygens (including phenoxy) is 1. The van der Waals surface area contributed by atoms with Crippen molar-refractivity contribution in [3.63, 3.8) is 0 Å². The number of piperazine rings is 1. The number of allylic oxidation sites excluding steroid dienone is 7. The molecule has 5 aliphatic rings. The van der Waals surface area contributed by atoms with Gasteiger partial charge in [0.25, 0.3) is 36.3 Å². The minimum Gasteiger partial charge on any atom is -0.744 e. The van der Waals surface area contributed by atoms with E-state index >= 15 is 0 Å². The number of carbonyl (C=O) groups is 3. The van der Waals surface area contributed by atoms with Gasteiger partial charge in [0.1, 0.15) is 46.5 Å². The zero-order chi connectivity index (χ0) is 66.0. The predicted octanol–water partition coefficient (Wildman–Crippen LogP) is 4.29. The van der Waals surface area contributed by atoms with Crippen molar-refractivity contribution in [2.45, 2.75) is 130 Å². The number of benzene rings is 4. The molecule has 4 unspecified atom stereocenters. The molecule has 91 heavy (non-hydrogen) atoms. The monoisotopic (exact) mass is 1330 g/mol. The molecule has 2 amide bonds. The van der Waals surface area contributed by atoms with Crippen molar-refractivity contribution < 1.29 is 80.7 Å². The molecule has 26 nitrogen and oxygen atoms in total. The van der Waals surface area contributed by atoms with E-state index in [1.807, 2.05) is 61.5 Å². The Hall–Kier alpha value is -7.20. The van der Waals surface area contributed by atoms with Gasteiger partial charge >= 0.3 is 5.97 Å². The van der Waals surface area contributed by atoms with Gasteiger partial charge in [-0.1, -0.05) is 32.1 Å². The number of hydrogen-bond acceptors (Lipinski definition) is 19. The second kappa shape index (κ2) is 27.2. The number of carboxylic acid groups (broad SMARTS) is 1. The van der Waals surface area contributed by atoms with Gasteiger partial charge in [-0.15, -0.1) is 0 Å². The van der Waals surface area contributed by atoms with Crippen LogP contribution < -0.4 is 47.3 Å². The molecule has 0 saturated carbocycles. The Balaban J connectivity index is 1.01. The number of amides is 2. The van der Waals surface area contributed by atoms with Gasteiger partial charge < -0.3 is 35.2 Å². The molecule has 4 aromatic carbocycles. The summed E-state index contributed by atoms with van der Waals surface area (Å²) >= 11 is 0. The molecule has 1 aliphatic carbocycles. The highest BCUT2D eigenvalue weighted by Gasteiger charge is 2.46. The summed E-state index contributed by atoms with van der Waals surface area (Å²) in [7, 11) is -18.0. The molecule has 4 aromatic rings. The Labute approximate surface area is 529 Å². The molecule has 0 radical (unpaired) electrons. The number of nitrogens with two attached hydrogens (primary N) is 1. The van der Waals surface area contributed by atoms with E-state index in [0.29, 0.717) is 113 Å². The fourth-order valence-electron chi connectivity index (χ4n) is 12.2. The van der Waals surface area contributed by atoms with Crippen molar-refractivity contribution in [3.8, 4) is 5.75 Å². The third-order valence-electron chi connectivity index (χ3n) is 16.9. The van der Waals surface area contributed by atoms with Crippen LogP contribution in [-0.4, -0.2) is 153 Å². The Bertz CT molecular complexity index is 4130. The molecule has 30 heteroatoms. The van der Waals surface area contributed by atoms with Gasteiger partial charge in [-0.2, -0.15) is 29.8 Å². The van der Waals surface area contributed by atoms with E-state index in [0.717, 1.165) is 0 Å². The Morgan fingerprint density at radius 3 is 2.14 bits per heavy atom. The smallest absolute Gasteiger partial charge is 0.326 e. The lowest BCUT2D eigenvalue weighted by molar-refractivity contribution is -0.438. The lowest BCUT2D eigenvalue weighted by Crippen LogP contribution is -2.78. The summed E-state index contributed by atoms with van der Waals surface area (Å²) in [6.45, 7) is 8.96. The summed E-state index contributed by atoms with van der Waals surface area (Å²) in [6.07, 6.45) is 8.76. The zero-order valence-electron chi connectivity index (χ0n) is 50.4. The largest absolute Gasteiger partial charge is 0.744 e. The summed E-state index contributed by atoms with van der Waals surface area (Å²) in [4.78, 5) is 39.9. The fraction of sp³-hybridized carbons (Fsp3) is 0.410. The summed E-state index contributed by atoms with van der Waals surface area (Å²) in [5.41, 5.74) is 10.5. The van der Waals surface area contributed by atoms with Crippen LogP contribution in [-0.2, 0) is 67.3 Å². The maximum Gasteiger partial charge on any atom is 0.326 e. The zero-order valence-corrected chi connectivity index (χ0v) is 53.6. The predicted molar refractivity (Wildman–Crippen MR) is 338 cm³/mol. The number of rotatable bonds is 25. The topological polar surface area (TPSA) is 405 Å². The minimum absolute atomic E-state index is 0.102. The third-order valence-corrected chi connectivity index (χ3v) is 20.2. The number of nitrogens with one attached hydrogen (secondary N) is 6. The number of hydrogen-bond donors (Lipinski definition) is 11. The maximum atomic E-state index is 13.5. The first-order valence-electron chi connectivity index (χ1n) is 29.5. The van der Waals surface area contributed by atoms with Crippen molar-refractivity contribution in [1.29, 1.82) is 0 Å². The van der Waals surface area contributed by atoms with Gasteiger partial charge in [-0.25, -0.2) is 13.2 Å². The van der Waals surface area contributed by atoms with E-state index in [4.69, 9.17) is 10.5 Å². The summed E-state index contributed by atoms with van der Waals surface area (Å²) in [6, 6.07) is 19.5. The first-order chi connectivity index (χ1) is 42.7. The molecule has 2 saturated heterocycles. The highest BCUT2D eigenvalue weighted by molar-refractivity contribution is 7.86. The molecule has 12 N–H and O–H groups in total. The lowest BCUT2D eigenvalue weighted by atomic mass is 9.81. The summed E-state index contributed by atoms with van der Waals surface area (Å²) < 4.78 is 146. The molecule has 5 atom stereocenters. The highest BCUT2D eigenvalue weighted by atomic mass is 32.2. The molecule has 0 spiro atoms. The highest BCUT2D eigenvalue weighted by Crippen LogP contribution is 2.49. The molecule has 0 bridgehead atoms. The minimum atomic E-state index is -4.87. The summed E-state index contributed by atoms with van der Waals surface area (Å²) in [5.74, 6) is -2.31. The molecule has 4 heterocycles. The number of fused-ring (bicyclic) bond motifs is 3. The van der Waals surface area contributed by atoms with E-state index in [1.54, 1.807) is 54.6 Å². The van der Waals surface area contributed by atoms with E-state index in [9.17, 15) is 71.4 Å². The number of aliphatic carboxylic acids is 1. The Morgan fingerprint density at radius 1 is 0.813 bits per heavy atom. The maximum absolute atomic E-state index is 13.5. The molecule has 4 aliphatic heterocycles. The second-order valence-electron chi connectivity index (χ2n) is 24.1.